The lowest BCUT2D eigenvalue weighted by molar-refractivity contribution is -0.0435. The van der Waals surface area contributed by atoms with Gasteiger partial charge in [-0.3, -0.25) is 4.98 Å². The smallest absolute Gasteiger partial charge is 0.249 e. The molecule has 4 rings (SSSR count). The Morgan fingerprint density at radius 3 is 2.70 bits per heavy atom. The Hall–Kier alpha value is -3.02. The molecule has 0 bridgehead atoms. The van der Waals surface area contributed by atoms with Gasteiger partial charge in [-0.05, 0) is 24.6 Å². The van der Waals surface area contributed by atoms with Crippen LogP contribution >= 0.6 is 0 Å². The van der Waals surface area contributed by atoms with Crippen LogP contribution in [0.3, 0.4) is 0 Å². The first-order valence-corrected chi connectivity index (χ1v) is 11.9. The fourth-order valence-corrected chi connectivity index (χ4v) is 4.37. The van der Waals surface area contributed by atoms with E-state index in [1.54, 1.807) is 4.90 Å². The first kappa shape index (κ1) is 23.1. The quantitative estimate of drug-likeness (QED) is 0.480. The van der Waals surface area contributed by atoms with Crippen molar-refractivity contribution in [3.05, 3.63) is 53.6 Å². The fourth-order valence-electron chi connectivity index (χ4n) is 3.98. The van der Waals surface area contributed by atoms with Gasteiger partial charge >= 0.3 is 0 Å². The monoisotopic (exact) mass is 484 g/mol. The highest BCUT2D eigenvalue weighted by molar-refractivity contribution is 7.89. The molecule has 0 amide bonds. The average molecular weight is 484 g/mol. The summed E-state index contributed by atoms with van der Waals surface area (Å²) in [5, 5.41) is 3.98. The molecule has 3 heterocycles. The van der Waals surface area contributed by atoms with Crippen LogP contribution in [0.2, 0.25) is 0 Å². The Kier molecular flexibility index (Phi) is 6.12. The minimum absolute atomic E-state index is 0.110. The molecule has 1 saturated heterocycles. The molecule has 7 nitrogen and oxygen atoms in total. The highest BCUT2D eigenvalue weighted by Gasteiger charge is 2.47. The van der Waals surface area contributed by atoms with Gasteiger partial charge in [0.05, 0.1) is 30.1 Å². The van der Waals surface area contributed by atoms with Crippen molar-refractivity contribution in [2.24, 2.45) is 15.5 Å². The molecule has 2 unspecified atom stereocenters. The summed E-state index contributed by atoms with van der Waals surface area (Å²) in [6.07, 6.45) is 3.66. The molecule has 0 spiro atoms. The molecule has 2 aromatic rings. The van der Waals surface area contributed by atoms with Gasteiger partial charge in [0, 0.05) is 30.8 Å². The maximum absolute atomic E-state index is 14.5. The molecule has 1 aromatic carbocycles. The summed E-state index contributed by atoms with van der Waals surface area (Å²) in [6.45, 7) is -0.250. The Balaban J connectivity index is 1.63. The number of hydrogen-bond acceptors (Lipinski definition) is 6. The Morgan fingerprint density at radius 1 is 1.30 bits per heavy atom. The maximum atomic E-state index is 14.5. The maximum Gasteiger partial charge on any atom is 0.249 e. The summed E-state index contributed by atoms with van der Waals surface area (Å²) in [4.78, 5) is 11.2. The van der Waals surface area contributed by atoms with Crippen LogP contribution < -0.4 is 0 Å². The molecule has 2 aliphatic rings. The van der Waals surface area contributed by atoms with Crippen molar-refractivity contribution in [3.8, 4) is 11.1 Å². The molecule has 0 N–H and O–H groups in total. The Labute approximate surface area is 187 Å². The van der Waals surface area contributed by atoms with E-state index in [1.807, 2.05) is 0 Å². The first-order valence-electron chi connectivity index (χ1n) is 10.0. The number of oxime groups is 1. The third-order valence-electron chi connectivity index (χ3n) is 5.56. The van der Waals surface area contributed by atoms with Gasteiger partial charge in [0.1, 0.15) is 30.0 Å². The van der Waals surface area contributed by atoms with E-state index >= 15 is 0 Å². The van der Waals surface area contributed by atoms with Crippen LogP contribution in [-0.2, 0) is 20.5 Å². The van der Waals surface area contributed by atoms with E-state index in [0.29, 0.717) is 25.3 Å². The largest absolute Gasteiger partial charge is 0.378 e. The number of alkyl halides is 1. The normalized spacial score (nSPS) is 23.2. The van der Waals surface area contributed by atoms with Crippen molar-refractivity contribution < 1.29 is 30.8 Å². The van der Waals surface area contributed by atoms with Crippen LogP contribution in [0.5, 0.6) is 0 Å². The van der Waals surface area contributed by atoms with Gasteiger partial charge < -0.3 is 9.74 Å². The van der Waals surface area contributed by atoms with Gasteiger partial charge in [-0.15, -0.1) is 0 Å². The van der Waals surface area contributed by atoms with Crippen molar-refractivity contribution >= 4 is 22.1 Å². The number of sulfonamides is 1. The lowest BCUT2D eigenvalue weighted by atomic mass is 9.89. The summed E-state index contributed by atoms with van der Waals surface area (Å²) in [7, 11) is -3.50. The molecule has 0 aliphatic carbocycles. The topological polar surface area (TPSA) is 84.2 Å². The Morgan fingerprint density at radius 2 is 2.03 bits per heavy atom. The van der Waals surface area contributed by atoms with Crippen molar-refractivity contribution in [2.45, 2.75) is 18.4 Å². The molecule has 0 radical (unpaired) electrons. The standard InChI is InChI=1S/C21H20F4N4O3S/c1-33(30,31)27-9-13-5-6-29(11-13)18-8-21(12-22,32-28-18)20-15(7-14(23)10-26-20)19-16(24)3-2-4-17(19)25/h2-4,7,9-10,13H,5-6,8,11-12H2,1H3/b27-9+. The zero-order valence-electron chi connectivity index (χ0n) is 17.5. The van der Waals surface area contributed by atoms with Gasteiger partial charge in [-0.2, -0.15) is 4.40 Å². The van der Waals surface area contributed by atoms with E-state index in [2.05, 4.69) is 14.5 Å². The van der Waals surface area contributed by atoms with Crippen molar-refractivity contribution in [1.29, 1.82) is 0 Å². The third-order valence-corrected chi connectivity index (χ3v) is 6.06. The average Bonchev–Trinajstić information content (AvgIpc) is 3.40. The minimum Gasteiger partial charge on any atom is -0.378 e. The van der Waals surface area contributed by atoms with Crippen LogP contribution in [0.25, 0.3) is 11.1 Å². The lowest BCUT2D eigenvalue weighted by Crippen LogP contribution is -2.35. The van der Waals surface area contributed by atoms with E-state index < -0.39 is 45.3 Å². The van der Waals surface area contributed by atoms with Crippen molar-refractivity contribution in [1.82, 2.24) is 9.88 Å². The molecule has 1 aromatic heterocycles. The summed E-state index contributed by atoms with van der Waals surface area (Å²) in [5.74, 6) is -2.55. The Bertz CT molecular complexity index is 1220. The summed E-state index contributed by atoms with van der Waals surface area (Å²) < 4.78 is 83.4. The van der Waals surface area contributed by atoms with Crippen LogP contribution in [0.15, 0.2) is 40.0 Å². The summed E-state index contributed by atoms with van der Waals surface area (Å²) in [6, 6.07) is 4.07. The van der Waals surface area contributed by atoms with Crippen LogP contribution in [0.4, 0.5) is 17.6 Å². The predicted molar refractivity (Wildman–Crippen MR) is 113 cm³/mol. The summed E-state index contributed by atoms with van der Waals surface area (Å²) >= 11 is 0. The van der Waals surface area contributed by atoms with E-state index in [0.717, 1.165) is 36.7 Å². The number of nitrogens with zero attached hydrogens (tertiary/aromatic N) is 4. The van der Waals surface area contributed by atoms with Gasteiger partial charge in [-0.25, -0.2) is 26.0 Å². The first-order chi connectivity index (χ1) is 15.6. The number of likely N-dealkylation sites (tertiary alicyclic amines) is 1. The number of halogens is 4. The summed E-state index contributed by atoms with van der Waals surface area (Å²) in [5.41, 5.74) is -2.78. The predicted octanol–water partition coefficient (Wildman–Crippen LogP) is 3.42. The number of amidine groups is 1. The zero-order chi connectivity index (χ0) is 23.8. The highest BCUT2D eigenvalue weighted by Crippen LogP contribution is 2.42. The van der Waals surface area contributed by atoms with Crippen LogP contribution in [-0.4, -0.2) is 56.4 Å². The SMILES string of the molecule is CS(=O)(=O)/N=C/C1CCN(C2=NOC(CF)(c3ncc(F)cc3-c3c(F)cccc3F)C2)C1. The molecule has 176 valence electrons. The molecular formula is C21H20F4N4O3S. The molecule has 1 fully saturated rings. The molecule has 2 aliphatic heterocycles. The number of benzene rings is 1. The lowest BCUT2D eigenvalue weighted by Gasteiger charge is -2.26. The molecule has 12 heteroatoms. The second kappa shape index (κ2) is 8.73. The van der Waals surface area contributed by atoms with Crippen LogP contribution in [0.1, 0.15) is 18.5 Å². The number of aromatic nitrogens is 1. The van der Waals surface area contributed by atoms with Gasteiger partial charge in [0.25, 0.3) is 0 Å². The van der Waals surface area contributed by atoms with E-state index in [-0.39, 0.29) is 23.6 Å². The van der Waals surface area contributed by atoms with Gasteiger partial charge in [-0.1, -0.05) is 11.2 Å². The second-order valence-electron chi connectivity index (χ2n) is 8.03. The van der Waals surface area contributed by atoms with Gasteiger partial charge in [0.15, 0.2) is 0 Å². The fraction of sp³-hybridized carbons (Fsp3) is 0.381. The highest BCUT2D eigenvalue weighted by atomic mass is 32.2. The van der Waals surface area contributed by atoms with E-state index in [9.17, 15) is 26.0 Å². The third kappa shape index (κ3) is 4.70. The minimum atomic E-state index is -3.50. The molecule has 0 saturated carbocycles. The zero-order valence-corrected chi connectivity index (χ0v) is 18.3. The van der Waals surface area contributed by atoms with E-state index in [4.69, 9.17) is 4.84 Å². The van der Waals surface area contributed by atoms with E-state index in [1.165, 1.54) is 6.21 Å². The van der Waals surface area contributed by atoms with Crippen LogP contribution in [0, 0.1) is 23.4 Å². The van der Waals surface area contributed by atoms with Crippen molar-refractivity contribution in [3.63, 3.8) is 0 Å². The number of hydrogen-bond donors (Lipinski definition) is 0. The van der Waals surface area contributed by atoms with Gasteiger partial charge in [0.2, 0.25) is 15.6 Å². The second-order valence-corrected chi connectivity index (χ2v) is 9.71. The molecule has 33 heavy (non-hydrogen) atoms. The molecule has 2 atom stereocenters. The van der Waals surface area contributed by atoms with Crippen molar-refractivity contribution in [2.75, 3.05) is 26.0 Å². The molecular weight excluding hydrogens is 464 g/mol. The number of pyridine rings is 1. The number of rotatable bonds is 5.